The van der Waals surface area contributed by atoms with Gasteiger partial charge >= 0.3 is 6.18 Å². The Kier molecular flexibility index (Phi) is 3.78. The van der Waals surface area contributed by atoms with Crippen molar-refractivity contribution in [2.24, 2.45) is 0 Å². The molecule has 3 rings (SSSR count). The highest BCUT2D eigenvalue weighted by Gasteiger charge is 2.41. The summed E-state index contributed by atoms with van der Waals surface area (Å²) in [5.74, 6) is -1.17. The molecule has 24 heavy (non-hydrogen) atoms. The Morgan fingerprint density at radius 1 is 1.25 bits per heavy atom. The van der Waals surface area contributed by atoms with E-state index in [0.717, 1.165) is 16.2 Å². The molecule has 1 N–H and O–H groups in total. The molecule has 1 fully saturated rings. The minimum atomic E-state index is -4.75. The number of rotatable bonds is 2. The van der Waals surface area contributed by atoms with E-state index < -0.39 is 29.2 Å². The molecule has 0 spiro atoms. The van der Waals surface area contributed by atoms with Crippen LogP contribution in [0.2, 0.25) is 0 Å². The molecule has 1 saturated heterocycles. The number of hydrazine groups is 1. The Balaban J connectivity index is 1.87. The SMILES string of the molecule is Cc1cc(C(=O)N2CCCN2C(=O)c2cn[nH]c2C(F)(F)F)no1. The second-order valence-electron chi connectivity index (χ2n) is 5.19. The van der Waals surface area contributed by atoms with Gasteiger partial charge in [0.05, 0.1) is 11.8 Å². The van der Waals surface area contributed by atoms with E-state index in [-0.39, 0.29) is 18.8 Å². The molecule has 128 valence electrons. The van der Waals surface area contributed by atoms with Crippen molar-refractivity contribution in [1.29, 1.82) is 0 Å². The standard InChI is InChI=1S/C13H12F3N5O3/c1-7-5-9(19-24-7)12(23)21-4-2-3-20(21)11(22)8-6-17-18-10(8)13(14,15)16/h5-6H,2-4H2,1H3,(H,17,18). The summed E-state index contributed by atoms with van der Waals surface area (Å²) in [5.41, 5.74) is -1.90. The highest BCUT2D eigenvalue weighted by Crippen LogP contribution is 2.31. The quantitative estimate of drug-likeness (QED) is 0.894. The number of hydrogen-bond acceptors (Lipinski definition) is 5. The molecule has 2 aromatic rings. The van der Waals surface area contributed by atoms with Crippen LogP contribution in [-0.2, 0) is 6.18 Å². The first-order valence-corrected chi connectivity index (χ1v) is 6.96. The van der Waals surface area contributed by atoms with E-state index in [0.29, 0.717) is 12.2 Å². The van der Waals surface area contributed by atoms with Crippen LogP contribution >= 0.6 is 0 Å². The average molecular weight is 343 g/mol. The molecule has 0 radical (unpaired) electrons. The molecule has 0 aliphatic carbocycles. The van der Waals surface area contributed by atoms with E-state index in [4.69, 9.17) is 4.52 Å². The van der Waals surface area contributed by atoms with Gasteiger partial charge in [-0.25, -0.2) is 10.0 Å². The van der Waals surface area contributed by atoms with Crippen molar-refractivity contribution in [3.63, 3.8) is 0 Å². The smallest absolute Gasteiger partial charge is 0.361 e. The van der Waals surface area contributed by atoms with Crippen molar-refractivity contribution in [2.45, 2.75) is 19.5 Å². The average Bonchev–Trinajstić information content (AvgIpc) is 3.24. The van der Waals surface area contributed by atoms with Crippen molar-refractivity contribution >= 4 is 11.8 Å². The van der Waals surface area contributed by atoms with Crippen LogP contribution in [0.5, 0.6) is 0 Å². The summed E-state index contributed by atoms with van der Waals surface area (Å²) in [6.07, 6.45) is -3.51. The molecule has 1 aliphatic heterocycles. The van der Waals surface area contributed by atoms with Gasteiger partial charge in [-0.3, -0.25) is 14.7 Å². The highest BCUT2D eigenvalue weighted by atomic mass is 19.4. The monoisotopic (exact) mass is 343 g/mol. The number of aromatic nitrogens is 3. The van der Waals surface area contributed by atoms with E-state index in [1.807, 2.05) is 0 Å². The molecule has 2 amide bonds. The molecule has 0 unspecified atom stereocenters. The van der Waals surface area contributed by atoms with Crippen molar-refractivity contribution in [3.05, 3.63) is 35.0 Å². The topological polar surface area (TPSA) is 95.3 Å². The minimum Gasteiger partial charge on any atom is -0.361 e. The third kappa shape index (κ3) is 2.72. The van der Waals surface area contributed by atoms with E-state index >= 15 is 0 Å². The summed E-state index contributed by atoms with van der Waals surface area (Å²) in [4.78, 5) is 24.8. The molecule has 3 heterocycles. The van der Waals surface area contributed by atoms with Crippen LogP contribution in [0, 0.1) is 6.92 Å². The Labute approximate surface area is 133 Å². The number of H-pyrrole nitrogens is 1. The highest BCUT2D eigenvalue weighted by molar-refractivity contribution is 5.99. The lowest BCUT2D eigenvalue weighted by molar-refractivity contribution is -0.141. The van der Waals surface area contributed by atoms with Gasteiger partial charge < -0.3 is 4.52 Å². The first-order chi connectivity index (χ1) is 11.3. The van der Waals surface area contributed by atoms with E-state index in [1.54, 1.807) is 12.0 Å². The number of aromatic amines is 1. The third-order valence-electron chi connectivity index (χ3n) is 3.50. The maximum Gasteiger partial charge on any atom is 0.433 e. The molecule has 0 atom stereocenters. The molecule has 11 heteroatoms. The lowest BCUT2D eigenvalue weighted by Gasteiger charge is -2.27. The fourth-order valence-electron chi connectivity index (χ4n) is 2.44. The summed E-state index contributed by atoms with van der Waals surface area (Å²) in [5, 5.41) is 10.7. The summed E-state index contributed by atoms with van der Waals surface area (Å²) < 4.78 is 43.5. The van der Waals surface area contributed by atoms with Crippen molar-refractivity contribution in [3.8, 4) is 0 Å². The lowest BCUT2D eigenvalue weighted by Crippen LogP contribution is -2.45. The van der Waals surface area contributed by atoms with Crippen molar-refractivity contribution in [1.82, 2.24) is 25.4 Å². The second kappa shape index (κ2) is 5.65. The third-order valence-corrected chi connectivity index (χ3v) is 3.50. The summed E-state index contributed by atoms with van der Waals surface area (Å²) in [6, 6.07) is 1.39. The number of alkyl halides is 3. The molecule has 0 aromatic carbocycles. The zero-order valence-electron chi connectivity index (χ0n) is 12.4. The number of halogens is 3. The van der Waals surface area contributed by atoms with Gasteiger partial charge in [0, 0.05) is 19.2 Å². The fraction of sp³-hybridized carbons (Fsp3) is 0.385. The zero-order valence-corrected chi connectivity index (χ0v) is 12.4. The van der Waals surface area contributed by atoms with E-state index in [2.05, 4.69) is 10.3 Å². The summed E-state index contributed by atoms with van der Waals surface area (Å²) >= 11 is 0. The van der Waals surface area contributed by atoms with Crippen LogP contribution < -0.4 is 0 Å². The Morgan fingerprint density at radius 2 is 1.92 bits per heavy atom. The largest absolute Gasteiger partial charge is 0.433 e. The second-order valence-corrected chi connectivity index (χ2v) is 5.19. The number of nitrogens with one attached hydrogen (secondary N) is 1. The van der Waals surface area contributed by atoms with E-state index in [9.17, 15) is 22.8 Å². The lowest BCUT2D eigenvalue weighted by atomic mass is 10.2. The van der Waals surface area contributed by atoms with Crippen LogP contribution in [-0.4, -0.2) is 50.3 Å². The van der Waals surface area contributed by atoms with Crippen LogP contribution in [0.3, 0.4) is 0 Å². The Hall–Kier alpha value is -2.85. The van der Waals surface area contributed by atoms with Gasteiger partial charge in [-0.15, -0.1) is 0 Å². The number of hydrogen-bond donors (Lipinski definition) is 1. The Bertz CT molecular complexity index is 782. The number of carbonyl (C=O) groups excluding carboxylic acids is 2. The van der Waals surface area contributed by atoms with Gasteiger partial charge in [-0.05, 0) is 13.3 Å². The fourth-order valence-corrected chi connectivity index (χ4v) is 2.44. The van der Waals surface area contributed by atoms with Gasteiger partial charge in [0.1, 0.15) is 5.76 Å². The van der Waals surface area contributed by atoms with E-state index in [1.165, 1.54) is 6.07 Å². The molecular weight excluding hydrogens is 331 g/mol. The normalized spacial score (nSPS) is 15.2. The molecule has 0 saturated carbocycles. The minimum absolute atomic E-state index is 0.0181. The summed E-state index contributed by atoms with van der Waals surface area (Å²) in [6.45, 7) is 1.90. The molecule has 8 nitrogen and oxygen atoms in total. The first kappa shape index (κ1) is 16.0. The van der Waals surface area contributed by atoms with Gasteiger partial charge in [0.2, 0.25) is 0 Å². The molecule has 1 aliphatic rings. The number of aryl methyl sites for hydroxylation is 1. The Morgan fingerprint density at radius 3 is 2.50 bits per heavy atom. The number of amides is 2. The molecule has 0 bridgehead atoms. The molecular formula is C13H12F3N5O3. The van der Waals surface area contributed by atoms with Crippen molar-refractivity contribution in [2.75, 3.05) is 13.1 Å². The van der Waals surface area contributed by atoms with Gasteiger partial charge in [0.15, 0.2) is 11.4 Å². The van der Waals surface area contributed by atoms with Gasteiger partial charge in [-0.2, -0.15) is 18.3 Å². The van der Waals surface area contributed by atoms with Crippen LogP contribution in [0.1, 0.15) is 38.7 Å². The summed E-state index contributed by atoms with van der Waals surface area (Å²) in [7, 11) is 0. The van der Waals surface area contributed by atoms with Crippen LogP contribution in [0.25, 0.3) is 0 Å². The van der Waals surface area contributed by atoms with Gasteiger partial charge in [0.25, 0.3) is 11.8 Å². The number of nitrogens with zero attached hydrogens (tertiary/aromatic N) is 4. The predicted molar refractivity (Wildman–Crippen MR) is 71.5 cm³/mol. The van der Waals surface area contributed by atoms with Crippen molar-refractivity contribution < 1.29 is 27.3 Å². The maximum absolute atomic E-state index is 12.9. The predicted octanol–water partition coefficient (Wildman–Crippen LogP) is 1.63. The molecule has 2 aromatic heterocycles. The maximum atomic E-state index is 12.9. The van der Waals surface area contributed by atoms with Crippen LogP contribution in [0.4, 0.5) is 13.2 Å². The zero-order chi connectivity index (χ0) is 17.5. The van der Waals surface area contributed by atoms with Gasteiger partial charge in [-0.1, -0.05) is 5.16 Å². The van der Waals surface area contributed by atoms with Crippen LogP contribution in [0.15, 0.2) is 16.8 Å². The number of carbonyl (C=O) groups is 2. The first-order valence-electron chi connectivity index (χ1n) is 6.96.